The largest absolute Gasteiger partial charge is 0.495 e. The second kappa shape index (κ2) is 6.91. The Labute approximate surface area is 146 Å². The van der Waals surface area contributed by atoms with Gasteiger partial charge in [0.05, 0.1) is 27.5 Å². The van der Waals surface area contributed by atoms with Crippen molar-refractivity contribution in [1.82, 2.24) is 0 Å². The van der Waals surface area contributed by atoms with E-state index < -0.39 is 30.5 Å². The number of non-ortho nitro benzene ring substituents is 1. The van der Waals surface area contributed by atoms with Crippen molar-refractivity contribution >= 4 is 38.7 Å². The molecule has 2 rings (SSSR count). The van der Waals surface area contributed by atoms with E-state index in [1.807, 2.05) is 0 Å². The maximum absolute atomic E-state index is 12.4. The van der Waals surface area contributed by atoms with Crippen molar-refractivity contribution in [2.24, 2.45) is 0 Å². The average Bonchev–Trinajstić information content (AvgIpc) is 2.54. The van der Waals surface area contributed by atoms with E-state index in [9.17, 15) is 28.6 Å². The number of anilines is 1. The van der Waals surface area contributed by atoms with E-state index in [0.29, 0.717) is 0 Å². The van der Waals surface area contributed by atoms with Gasteiger partial charge in [-0.2, -0.15) is 0 Å². The summed E-state index contributed by atoms with van der Waals surface area (Å²) in [5, 5.41) is 21.5. The third-order valence-electron chi connectivity index (χ3n) is 3.06. The molecule has 0 bridgehead atoms. The topological polar surface area (TPSA) is 142 Å². The van der Waals surface area contributed by atoms with E-state index in [1.165, 1.54) is 13.2 Å². The molecule has 0 aromatic heterocycles. The van der Waals surface area contributed by atoms with Crippen LogP contribution in [-0.2, 0) is 10.0 Å². The molecule has 0 radical (unpaired) electrons. The second-order valence-electron chi connectivity index (χ2n) is 4.62. The highest BCUT2D eigenvalue weighted by Gasteiger charge is 2.23. The molecule has 132 valence electrons. The van der Waals surface area contributed by atoms with Crippen molar-refractivity contribution in [3.05, 3.63) is 61.6 Å². The van der Waals surface area contributed by atoms with E-state index in [4.69, 9.17) is 16.3 Å². The molecule has 0 heterocycles. The summed E-state index contributed by atoms with van der Waals surface area (Å²) in [4.78, 5) is 19.8. The Morgan fingerprint density at radius 1 is 1.08 bits per heavy atom. The fourth-order valence-corrected chi connectivity index (χ4v) is 3.16. The van der Waals surface area contributed by atoms with E-state index in [2.05, 4.69) is 4.72 Å². The number of rotatable bonds is 6. The zero-order valence-electron chi connectivity index (χ0n) is 12.5. The summed E-state index contributed by atoms with van der Waals surface area (Å²) >= 11 is 5.65. The van der Waals surface area contributed by atoms with Crippen LogP contribution in [0.25, 0.3) is 0 Å². The number of hydrogen-bond acceptors (Lipinski definition) is 7. The summed E-state index contributed by atoms with van der Waals surface area (Å²) in [7, 11) is -3.02. The highest BCUT2D eigenvalue weighted by atomic mass is 35.5. The number of nitrogens with one attached hydrogen (secondary N) is 1. The molecule has 2 aromatic rings. The summed E-state index contributed by atoms with van der Waals surface area (Å²) in [6, 6.07) is 6.26. The monoisotopic (exact) mass is 387 g/mol. The highest BCUT2D eigenvalue weighted by Crippen LogP contribution is 2.32. The van der Waals surface area contributed by atoms with Gasteiger partial charge < -0.3 is 4.74 Å². The fourth-order valence-electron chi connectivity index (χ4n) is 1.89. The van der Waals surface area contributed by atoms with Gasteiger partial charge in [0.2, 0.25) is 0 Å². The number of nitro benzene ring substituents is 2. The minimum Gasteiger partial charge on any atom is -0.495 e. The number of nitrogens with zero attached hydrogens (tertiary/aromatic N) is 2. The lowest BCUT2D eigenvalue weighted by atomic mass is 10.2. The molecule has 0 saturated carbocycles. The molecular formula is C13H10ClN3O7S. The first-order chi connectivity index (χ1) is 11.7. The van der Waals surface area contributed by atoms with Crippen LogP contribution in [0.3, 0.4) is 0 Å². The molecule has 0 aliphatic rings. The molecule has 0 aliphatic carbocycles. The maximum atomic E-state index is 12.4. The van der Waals surface area contributed by atoms with Gasteiger partial charge in [0, 0.05) is 18.2 Å². The van der Waals surface area contributed by atoms with Gasteiger partial charge in [0.25, 0.3) is 21.4 Å². The summed E-state index contributed by atoms with van der Waals surface area (Å²) in [6.07, 6.45) is 0. The normalized spacial score (nSPS) is 11.0. The zero-order valence-corrected chi connectivity index (χ0v) is 14.1. The van der Waals surface area contributed by atoms with Gasteiger partial charge in [-0.3, -0.25) is 25.0 Å². The standard InChI is InChI=1S/C13H10ClN3O7S/c1-24-13-5-2-8(16(18)19)6-11(13)15-25(22,23)9-3-4-10(14)12(7-9)17(20)21/h2-7,15H,1H3. The van der Waals surface area contributed by atoms with Crippen LogP contribution < -0.4 is 9.46 Å². The first kappa shape index (κ1) is 18.4. The minimum atomic E-state index is -4.28. The molecule has 0 saturated heterocycles. The molecule has 12 heteroatoms. The van der Waals surface area contributed by atoms with Crippen LogP contribution in [0.15, 0.2) is 41.3 Å². The van der Waals surface area contributed by atoms with Crippen molar-refractivity contribution in [2.45, 2.75) is 4.90 Å². The van der Waals surface area contributed by atoms with Gasteiger partial charge in [-0.15, -0.1) is 0 Å². The van der Waals surface area contributed by atoms with E-state index in [1.54, 1.807) is 0 Å². The molecule has 0 atom stereocenters. The number of halogens is 1. The molecule has 0 unspecified atom stereocenters. The number of ether oxygens (including phenoxy) is 1. The molecule has 1 N–H and O–H groups in total. The van der Waals surface area contributed by atoms with E-state index in [0.717, 1.165) is 30.3 Å². The Bertz CT molecular complexity index is 962. The highest BCUT2D eigenvalue weighted by molar-refractivity contribution is 7.92. The van der Waals surface area contributed by atoms with Crippen LogP contribution in [0.2, 0.25) is 5.02 Å². The Hall–Kier alpha value is -2.92. The predicted octanol–water partition coefficient (Wildman–Crippen LogP) is 2.97. The third-order valence-corrected chi connectivity index (χ3v) is 4.75. The van der Waals surface area contributed by atoms with Crippen LogP contribution in [0, 0.1) is 20.2 Å². The molecule has 0 fully saturated rings. The number of sulfonamides is 1. The van der Waals surface area contributed by atoms with Gasteiger partial charge in [-0.05, 0) is 18.2 Å². The molecule has 2 aromatic carbocycles. The van der Waals surface area contributed by atoms with Gasteiger partial charge in [0.15, 0.2) is 0 Å². The van der Waals surface area contributed by atoms with Crippen LogP contribution >= 0.6 is 11.6 Å². The lowest BCUT2D eigenvalue weighted by Gasteiger charge is -2.11. The number of methoxy groups -OCH3 is 1. The van der Waals surface area contributed by atoms with Crippen molar-refractivity contribution in [3.63, 3.8) is 0 Å². The van der Waals surface area contributed by atoms with Gasteiger partial charge >= 0.3 is 0 Å². The smallest absolute Gasteiger partial charge is 0.289 e. The molecular weight excluding hydrogens is 378 g/mol. The Morgan fingerprint density at radius 3 is 2.32 bits per heavy atom. The summed E-state index contributed by atoms with van der Waals surface area (Å²) < 4.78 is 31.9. The average molecular weight is 388 g/mol. The lowest BCUT2D eigenvalue weighted by Crippen LogP contribution is -2.14. The Balaban J connectivity index is 2.49. The quantitative estimate of drug-likeness (QED) is 0.592. The fraction of sp³-hybridized carbons (Fsp3) is 0.0769. The second-order valence-corrected chi connectivity index (χ2v) is 6.71. The Kier molecular flexibility index (Phi) is 5.09. The third kappa shape index (κ3) is 3.95. The summed E-state index contributed by atoms with van der Waals surface area (Å²) in [5.74, 6) is 0.0395. The molecule has 0 amide bonds. The number of benzene rings is 2. The predicted molar refractivity (Wildman–Crippen MR) is 88.6 cm³/mol. The first-order valence-electron chi connectivity index (χ1n) is 6.45. The van der Waals surface area contributed by atoms with Crippen molar-refractivity contribution in [1.29, 1.82) is 0 Å². The molecule has 0 spiro atoms. The molecule has 25 heavy (non-hydrogen) atoms. The molecule has 10 nitrogen and oxygen atoms in total. The van der Waals surface area contributed by atoms with Crippen LogP contribution in [0.1, 0.15) is 0 Å². The minimum absolute atomic E-state index is 0.0395. The summed E-state index contributed by atoms with van der Waals surface area (Å²) in [5.41, 5.74) is -1.13. The van der Waals surface area contributed by atoms with Gasteiger partial charge in [-0.1, -0.05) is 11.6 Å². The lowest BCUT2D eigenvalue weighted by molar-refractivity contribution is -0.385. The first-order valence-corrected chi connectivity index (χ1v) is 8.31. The van der Waals surface area contributed by atoms with Crippen molar-refractivity contribution in [2.75, 3.05) is 11.8 Å². The van der Waals surface area contributed by atoms with Gasteiger partial charge in [0.1, 0.15) is 10.8 Å². The van der Waals surface area contributed by atoms with Gasteiger partial charge in [-0.25, -0.2) is 8.42 Å². The van der Waals surface area contributed by atoms with Crippen LogP contribution in [-0.4, -0.2) is 25.4 Å². The van der Waals surface area contributed by atoms with E-state index in [-0.39, 0.29) is 22.1 Å². The molecule has 0 aliphatic heterocycles. The zero-order chi connectivity index (χ0) is 18.8. The summed E-state index contributed by atoms with van der Waals surface area (Å²) in [6.45, 7) is 0. The van der Waals surface area contributed by atoms with Crippen molar-refractivity contribution < 1.29 is 23.0 Å². The van der Waals surface area contributed by atoms with E-state index >= 15 is 0 Å². The number of nitro groups is 2. The Morgan fingerprint density at radius 2 is 1.76 bits per heavy atom. The maximum Gasteiger partial charge on any atom is 0.289 e. The number of hydrogen-bond donors (Lipinski definition) is 1. The van der Waals surface area contributed by atoms with Crippen LogP contribution in [0.4, 0.5) is 17.1 Å². The van der Waals surface area contributed by atoms with Crippen LogP contribution in [0.5, 0.6) is 5.75 Å². The SMILES string of the molecule is COc1ccc([N+](=O)[O-])cc1NS(=O)(=O)c1ccc(Cl)c([N+](=O)[O-])c1. The van der Waals surface area contributed by atoms with Crippen molar-refractivity contribution in [3.8, 4) is 5.75 Å².